The second-order valence-electron chi connectivity index (χ2n) is 4.58. The molecule has 0 saturated carbocycles. The Bertz CT molecular complexity index is 623. The Morgan fingerprint density at radius 2 is 2.06 bits per heavy atom. The highest BCUT2D eigenvalue weighted by Crippen LogP contribution is 2.32. The predicted molar refractivity (Wildman–Crippen MR) is 79.4 cm³/mol. The topological polar surface area (TPSA) is 45.8 Å². The van der Waals surface area contributed by atoms with Gasteiger partial charge in [0, 0.05) is 20.6 Å². The van der Waals surface area contributed by atoms with Crippen molar-refractivity contribution in [2.45, 2.75) is 33.6 Å². The fraction of sp³-hybridized carbons (Fsp3) is 0.385. The average Bonchev–Trinajstić information content (AvgIpc) is 2.57. The van der Waals surface area contributed by atoms with Gasteiger partial charge in [0.1, 0.15) is 0 Å². The molecule has 0 saturated heterocycles. The van der Waals surface area contributed by atoms with Crippen LogP contribution >= 0.6 is 27.3 Å². The smallest absolute Gasteiger partial charge is 0.254 e. The largest absolute Gasteiger partial charge is 0.306 e. The van der Waals surface area contributed by atoms with E-state index < -0.39 is 0 Å². The van der Waals surface area contributed by atoms with E-state index in [0.717, 1.165) is 20.6 Å². The van der Waals surface area contributed by atoms with Crippen LogP contribution in [0.25, 0.3) is 10.7 Å². The van der Waals surface area contributed by atoms with Crippen LogP contribution in [-0.4, -0.2) is 9.97 Å². The normalized spacial score (nSPS) is 11.2. The maximum absolute atomic E-state index is 12.1. The zero-order valence-corrected chi connectivity index (χ0v) is 13.2. The van der Waals surface area contributed by atoms with Crippen molar-refractivity contribution < 1.29 is 0 Å². The van der Waals surface area contributed by atoms with Crippen molar-refractivity contribution in [3.63, 3.8) is 0 Å². The van der Waals surface area contributed by atoms with E-state index in [9.17, 15) is 4.79 Å². The van der Waals surface area contributed by atoms with Gasteiger partial charge in [-0.25, -0.2) is 4.98 Å². The molecule has 2 aromatic rings. The Balaban J connectivity index is 2.58. The summed E-state index contributed by atoms with van der Waals surface area (Å²) in [6.45, 7) is 7.94. The van der Waals surface area contributed by atoms with Gasteiger partial charge in [0.25, 0.3) is 5.56 Å². The summed E-state index contributed by atoms with van der Waals surface area (Å²) in [7, 11) is 0. The molecule has 0 spiro atoms. The number of aromatic nitrogens is 2. The molecule has 2 aromatic heterocycles. The maximum Gasteiger partial charge on any atom is 0.254 e. The van der Waals surface area contributed by atoms with E-state index in [1.165, 1.54) is 4.88 Å². The quantitative estimate of drug-likeness (QED) is 0.906. The molecule has 0 unspecified atom stereocenters. The number of aromatic amines is 1. The molecule has 2 heterocycles. The summed E-state index contributed by atoms with van der Waals surface area (Å²) < 4.78 is 1.05. The number of hydrogen-bond donors (Lipinski definition) is 1. The summed E-state index contributed by atoms with van der Waals surface area (Å²) in [6, 6.07) is 1.99. The molecule has 0 aliphatic heterocycles. The van der Waals surface area contributed by atoms with Gasteiger partial charge in [-0.15, -0.1) is 11.3 Å². The molecule has 0 amide bonds. The van der Waals surface area contributed by atoms with Gasteiger partial charge in [-0.3, -0.25) is 4.79 Å². The van der Waals surface area contributed by atoms with Gasteiger partial charge in [0.05, 0.1) is 4.88 Å². The van der Waals surface area contributed by atoms with Gasteiger partial charge in [0.2, 0.25) is 0 Å². The van der Waals surface area contributed by atoms with Gasteiger partial charge in [-0.2, -0.15) is 0 Å². The third kappa shape index (κ3) is 2.42. The second-order valence-corrected chi connectivity index (χ2v) is 6.69. The van der Waals surface area contributed by atoms with E-state index in [1.54, 1.807) is 11.3 Å². The predicted octanol–water partition coefficient (Wildman–Crippen LogP) is 4.00. The number of hydrogen-bond acceptors (Lipinski definition) is 3. The first-order valence-electron chi connectivity index (χ1n) is 5.77. The molecule has 18 heavy (non-hydrogen) atoms. The van der Waals surface area contributed by atoms with Crippen LogP contribution in [0.5, 0.6) is 0 Å². The van der Waals surface area contributed by atoms with Crippen molar-refractivity contribution in [2.75, 3.05) is 0 Å². The minimum absolute atomic E-state index is 0.0327. The zero-order valence-electron chi connectivity index (χ0n) is 10.8. The molecule has 0 radical (unpaired) electrons. The number of nitrogens with zero attached hydrogens (tertiary/aromatic N) is 1. The lowest BCUT2D eigenvalue weighted by molar-refractivity contribution is 0.815. The first kappa shape index (κ1) is 13.5. The summed E-state index contributed by atoms with van der Waals surface area (Å²) in [4.78, 5) is 21.6. The van der Waals surface area contributed by atoms with E-state index in [4.69, 9.17) is 0 Å². The van der Waals surface area contributed by atoms with Gasteiger partial charge in [-0.1, -0.05) is 13.8 Å². The molecule has 0 bridgehead atoms. The minimum Gasteiger partial charge on any atom is -0.306 e. The molecular formula is C13H15BrN2OS. The van der Waals surface area contributed by atoms with Gasteiger partial charge < -0.3 is 4.98 Å². The summed E-state index contributed by atoms with van der Waals surface area (Å²) in [5, 5.41) is 0. The van der Waals surface area contributed by atoms with E-state index in [-0.39, 0.29) is 11.5 Å². The molecule has 2 rings (SSSR count). The summed E-state index contributed by atoms with van der Waals surface area (Å²) in [6.07, 6.45) is 0. The van der Waals surface area contributed by atoms with Crippen molar-refractivity contribution in [2.24, 2.45) is 0 Å². The van der Waals surface area contributed by atoms with E-state index in [1.807, 2.05) is 33.8 Å². The Kier molecular flexibility index (Phi) is 3.73. The molecule has 0 fully saturated rings. The molecule has 96 valence electrons. The lowest BCUT2D eigenvalue weighted by Crippen LogP contribution is -2.18. The molecule has 3 nitrogen and oxygen atoms in total. The summed E-state index contributed by atoms with van der Waals surface area (Å²) in [5.41, 5.74) is 1.55. The van der Waals surface area contributed by atoms with Crippen molar-refractivity contribution in [3.05, 3.63) is 37.0 Å². The van der Waals surface area contributed by atoms with Crippen LogP contribution in [0, 0.1) is 13.8 Å². The number of H-pyrrole nitrogens is 1. The van der Waals surface area contributed by atoms with Crippen LogP contribution in [0.1, 0.15) is 35.9 Å². The molecule has 0 atom stereocenters. The average molecular weight is 327 g/mol. The highest BCUT2D eigenvalue weighted by Gasteiger charge is 2.14. The highest BCUT2D eigenvalue weighted by atomic mass is 79.9. The lowest BCUT2D eigenvalue weighted by Gasteiger charge is -2.08. The molecule has 0 aromatic carbocycles. The number of nitrogens with one attached hydrogen (secondary N) is 1. The Morgan fingerprint density at radius 1 is 1.39 bits per heavy atom. The first-order chi connectivity index (χ1) is 8.40. The molecule has 1 N–H and O–H groups in total. The van der Waals surface area contributed by atoms with Crippen LogP contribution in [0.3, 0.4) is 0 Å². The van der Waals surface area contributed by atoms with Crippen LogP contribution < -0.4 is 5.56 Å². The van der Waals surface area contributed by atoms with Gasteiger partial charge in [0.15, 0.2) is 5.82 Å². The van der Waals surface area contributed by atoms with Crippen LogP contribution in [0.4, 0.5) is 0 Å². The Labute approximate surface area is 118 Å². The van der Waals surface area contributed by atoms with Crippen molar-refractivity contribution in [3.8, 4) is 10.7 Å². The van der Waals surface area contributed by atoms with Crippen LogP contribution in [-0.2, 0) is 0 Å². The van der Waals surface area contributed by atoms with Gasteiger partial charge >= 0.3 is 0 Å². The van der Waals surface area contributed by atoms with Crippen molar-refractivity contribution in [1.29, 1.82) is 0 Å². The molecule has 0 aliphatic rings. The second kappa shape index (κ2) is 4.97. The fourth-order valence-electron chi connectivity index (χ4n) is 1.97. The van der Waals surface area contributed by atoms with Crippen molar-refractivity contribution in [1.82, 2.24) is 9.97 Å². The third-order valence-electron chi connectivity index (χ3n) is 2.81. The van der Waals surface area contributed by atoms with E-state index in [2.05, 4.69) is 25.9 Å². The number of rotatable bonds is 2. The van der Waals surface area contributed by atoms with Gasteiger partial charge in [-0.05, 0) is 41.8 Å². The third-order valence-corrected chi connectivity index (χ3v) is 4.96. The molecule has 5 heteroatoms. The van der Waals surface area contributed by atoms with Crippen molar-refractivity contribution >= 4 is 27.3 Å². The molecular weight excluding hydrogens is 312 g/mol. The fourth-order valence-corrected chi connectivity index (χ4v) is 3.45. The number of thiophene rings is 1. The summed E-state index contributed by atoms with van der Waals surface area (Å²) in [5.74, 6) is 0.841. The highest BCUT2D eigenvalue weighted by molar-refractivity contribution is 9.10. The summed E-state index contributed by atoms with van der Waals surface area (Å²) >= 11 is 5.10. The zero-order chi connectivity index (χ0) is 13.4. The first-order valence-corrected chi connectivity index (χ1v) is 7.38. The van der Waals surface area contributed by atoms with E-state index >= 15 is 0 Å². The minimum atomic E-state index is -0.0327. The van der Waals surface area contributed by atoms with E-state index in [0.29, 0.717) is 5.82 Å². The maximum atomic E-state index is 12.1. The molecule has 0 aliphatic carbocycles. The van der Waals surface area contributed by atoms with Crippen LogP contribution in [0.15, 0.2) is 15.3 Å². The lowest BCUT2D eigenvalue weighted by atomic mass is 10.0. The van der Waals surface area contributed by atoms with Crippen LogP contribution in [0.2, 0.25) is 0 Å². The Hall–Kier alpha value is -0.940. The standard InChI is InChI=1S/C13H15BrN2OS/c1-6(2)11-7(3)15-12(16-13(11)17)10-5-9(14)8(4)18-10/h5-6H,1-4H3,(H,15,16,17). The number of aryl methyl sites for hydroxylation is 2. The number of halogens is 1. The SMILES string of the molecule is Cc1nc(-c2cc(Br)c(C)s2)[nH]c(=O)c1C(C)C. The monoisotopic (exact) mass is 326 g/mol. The Morgan fingerprint density at radius 3 is 2.50 bits per heavy atom.